The Labute approximate surface area is 117 Å². The first kappa shape index (κ1) is 12.4. The van der Waals surface area contributed by atoms with Crippen molar-refractivity contribution >= 4 is 12.2 Å². The lowest BCUT2D eigenvalue weighted by Gasteiger charge is -2.11. The van der Waals surface area contributed by atoms with Gasteiger partial charge in [-0.25, -0.2) is 15.0 Å². The fraction of sp³-hybridized carbons (Fsp3) is 0.429. The molecule has 1 aliphatic carbocycles. The van der Waals surface area contributed by atoms with Gasteiger partial charge in [0.25, 0.3) is 0 Å². The Morgan fingerprint density at radius 1 is 1.26 bits per heavy atom. The van der Waals surface area contributed by atoms with Gasteiger partial charge in [0.1, 0.15) is 16.2 Å². The van der Waals surface area contributed by atoms with Gasteiger partial charge < -0.3 is 4.98 Å². The smallest absolute Gasteiger partial charge is 0.157 e. The van der Waals surface area contributed by atoms with Crippen LogP contribution >= 0.6 is 12.2 Å². The molecule has 0 bridgehead atoms. The largest absolute Gasteiger partial charge is 0.342 e. The first-order valence-electron chi connectivity index (χ1n) is 6.63. The Morgan fingerprint density at radius 3 is 2.79 bits per heavy atom. The van der Waals surface area contributed by atoms with Crippen molar-refractivity contribution in [1.82, 2.24) is 19.9 Å². The third kappa shape index (κ3) is 2.71. The second-order valence-electron chi connectivity index (χ2n) is 4.99. The van der Waals surface area contributed by atoms with Gasteiger partial charge in [-0.1, -0.05) is 25.1 Å². The van der Waals surface area contributed by atoms with Crippen LogP contribution in [-0.4, -0.2) is 19.9 Å². The number of hydrogen-bond acceptors (Lipinski definition) is 4. The highest BCUT2D eigenvalue weighted by Crippen LogP contribution is 2.33. The van der Waals surface area contributed by atoms with E-state index in [1.807, 2.05) is 19.1 Å². The molecule has 2 aromatic heterocycles. The minimum absolute atomic E-state index is 0.589. The van der Waals surface area contributed by atoms with Gasteiger partial charge in [-0.05, 0) is 37.8 Å². The quantitative estimate of drug-likeness (QED) is 0.849. The third-order valence-corrected chi connectivity index (χ3v) is 3.79. The third-order valence-electron chi connectivity index (χ3n) is 3.58. The Balaban J connectivity index is 2.04. The standard InChI is InChI=1S/C14H16N4S/c1-9-15-7-6-11(16-9)14-17-12(8-13(19)18-14)10-4-2-3-5-10/h6-8,10H,2-5H2,1H3,(H,17,18,19). The van der Waals surface area contributed by atoms with Crippen LogP contribution in [0.25, 0.3) is 11.5 Å². The fourth-order valence-electron chi connectivity index (χ4n) is 2.64. The molecule has 2 heterocycles. The molecule has 1 saturated carbocycles. The van der Waals surface area contributed by atoms with Crippen molar-refractivity contribution in [1.29, 1.82) is 0 Å². The van der Waals surface area contributed by atoms with Crippen LogP contribution in [0, 0.1) is 11.6 Å². The maximum Gasteiger partial charge on any atom is 0.157 e. The molecule has 2 aromatic rings. The average Bonchev–Trinajstić information content (AvgIpc) is 2.92. The molecule has 0 aliphatic heterocycles. The molecule has 0 radical (unpaired) electrons. The highest BCUT2D eigenvalue weighted by molar-refractivity contribution is 7.71. The predicted molar refractivity (Wildman–Crippen MR) is 76.4 cm³/mol. The molecule has 4 nitrogen and oxygen atoms in total. The molecule has 19 heavy (non-hydrogen) atoms. The van der Waals surface area contributed by atoms with Crippen LogP contribution in [0.1, 0.15) is 43.1 Å². The highest BCUT2D eigenvalue weighted by atomic mass is 32.1. The minimum atomic E-state index is 0.589. The van der Waals surface area contributed by atoms with Crippen LogP contribution in [0.3, 0.4) is 0 Å². The maximum atomic E-state index is 5.28. The zero-order valence-corrected chi connectivity index (χ0v) is 11.7. The van der Waals surface area contributed by atoms with Gasteiger partial charge in [-0.15, -0.1) is 0 Å². The molecule has 0 spiro atoms. The van der Waals surface area contributed by atoms with Crippen LogP contribution < -0.4 is 0 Å². The molecule has 0 atom stereocenters. The van der Waals surface area contributed by atoms with Gasteiger partial charge in [0, 0.05) is 11.9 Å². The number of rotatable bonds is 2. The van der Waals surface area contributed by atoms with E-state index < -0.39 is 0 Å². The molecule has 0 unspecified atom stereocenters. The first-order valence-corrected chi connectivity index (χ1v) is 7.04. The van der Waals surface area contributed by atoms with Crippen molar-refractivity contribution in [2.24, 2.45) is 0 Å². The molecule has 0 amide bonds. The lowest BCUT2D eigenvalue weighted by atomic mass is 10.0. The van der Waals surface area contributed by atoms with Gasteiger partial charge >= 0.3 is 0 Å². The van der Waals surface area contributed by atoms with Crippen LogP contribution in [-0.2, 0) is 0 Å². The van der Waals surface area contributed by atoms with E-state index in [0.717, 1.165) is 17.3 Å². The van der Waals surface area contributed by atoms with Gasteiger partial charge in [0.2, 0.25) is 0 Å². The molecule has 0 saturated heterocycles. The van der Waals surface area contributed by atoms with E-state index in [2.05, 4.69) is 19.9 Å². The van der Waals surface area contributed by atoms with E-state index in [1.54, 1.807) is 6.20 Å². The van der Waals surface area contributed by atoms with Crippen LogP contribution in [0.5, 0.6) is 0 Å². The van der Waals surface area contributed by atoms with Gasteiger partial charge in [0.05, 0.1) is 0 Å². The molecular formula is C14H16N4S. The van der Waals surface area contributed by atoms with Gasteiger partial charge in [0.15, 0.2) is 5.82 Å². The van der Waals surface area contributed by atoms with E-state index in [-0.39, 0.29) is 0 Å². The Bertz CT molecular complexity index is 644. The van der Waals surface area contributed by atoms with Crippen molar-refractivity contribution in [3.05, 3.63) is 34.5 Å². The summed E-state index contributed by atoms with van der Waals surface area (Å²) in [5.41, 5.74) is 2.00. The molecule has 98 valence electrons. The van der Waals surface area contributed by atoms with E-state index in [9.17, 15) is 0 Å². The summed E-state index contributed by atoms with van der Waals surface area (Å²) >= 11 is 5.28. The number of nitrogens with zero attached hydrogens (tertiary/aromatic N) is 3. The lowest BCUT2D eigenvalue weighted by molar-refractivity contribution is 0.694. The number of hydrogen-bond donors (Lipinski definition) is 1. The maximum absolute atomic E-state index is 5.28. The van der Waals surface area contributed by atoms with Crippen molar-refractivity contribution < 1.29 is 0 Å². The lowest BCUT2D eigenvalue weighted by Crippen LogP contribution is -2.02. The highest BCUT2D eigenvalue weighted by Gasteiger charge is 2.18. The second kappa shape index (κ2) is 5.17. The molecule has 1 N–H and O–H groups in total. The number of aromatic nitrogens is 4. The predicted octanol–water partition coefficient (Wildman–Crippen LogP) is 3.56. The number of nitrogens with one attached hydrogen (secondary N) is 1. The monoisotopic (exact) mass is 272 g/mol. The Hall–Kier alpha value is -1.62. The van der Waals surface area contributed by atoms with E-state index >= 15 is 0 Å². The Kier molecular flexibility index (Phi) is 3.38. The zero-order chi connectivity index (χ0) is 13.2. The van der Waals surface area contributed by atoms with Crippen molar-refractivity contribution in [3.8, 4) is 11.5 Å². The summed E-state index contributed by atoms with van der Waals surface area (Å²) in [5.74, 6) is 2.08. The summed E-state index contributed by atoms with van der Waals surface area (Å²) in [4.78, 5) is 16.3. The molecule has 3 rings (SSSR count). The van der Waals surface area contributed by atoms with Crippen molar-refractivity contribution in [2.75, 3.05) is 0 Å². The van der Waals surface area contributed by atoms with E-state index in [4.69, 9.17) is 12.2 Å². The van der Waals surface area contributed by atoms with Crippen LogP contribution in [0.4, 0.5) is 0 Å². The molecule has 1 fully saturated rings. The summed E-state index contributed by atoms with van der Waals surface area (Å²) in [6.07, 6.45) is 6.82. The topological polar surface area (TPSA) is 54.5 Å². The fourth-order valence-corrected chi connectivity index (χ4v) is 2.86. The number of H-pyrrole nitrogens is 1. The summed E-state index contributed by atoms with van der Waals surface area (Å²) in [7, 11) is 0. The average molecular weight is 272 g/mol. The molecule has 0 aromatic carbocycles. The second-order valence-corrected chi connectivity index (χ2v) is 5.41. The normalized spacial score (nSPS) is 15.8. The zero-order valence-electron chi connectivity index (χ0n) is 10.9. The van der Waals surface area contributed by atoms with Crippen LogP contribution in [0.2, 0.25) is 0 Å². The SMILES string of the molecule is Cc1nccc(-c2nc(=S)cc(C3CCCC3)[nH]2)n1. The van der Waals surface area contributed by atoms with E-state index in [1.165, 1.54) is 31.4 Å². The van der Waals surface area contributed by atoms with Gasteiger partial charge in [-0.3, -0.25) is 0 Å². The summed E-state index contributed by atoms with van der Waals surface area (Å²) in [5, 5.41) is 0. The summed E-state index contributed by atoms with van der Waals surface area (Å²) < 4.78 is 0.631. The van der Waals surface area contributed by atoms with Gasteiger partial charge in [-0.2, -0.15) is 0 Å². The molecule has 1 aliphatic rings. The number of aryl methyl sites for hydroxylation is 1. The summed E-state index contributed by atoms with van der Waals surface area (Å²) in [6, 6.07) is 3.85. The molecule has 5 heteroatoms. The van der Waals surface area contributed by atoms with Crippen molar-refractivity contribution in [2.45, 2.75) is 38.5 Å². The van der Waals surface area contributed by atoms with Crippen molar-refractivity contribution in [3.63, 3.8) is 0 Å². The van der Waals surface area contributed by atoms with E-state index in [0.29, 0.717) is 10.6 Å². The Morgan fingerprint density at radius 2 is 2.05 bits per heavy atom. The first-order chi connectivity index (χ1) is 9.22. The number of aromatic amines is 1. The van der Waals surface area contributed by atoms with Crippen LogP contribution in [0.15, 0.2) is 18.3 Å². The molecular weight excluding hydrogens is 256 g/mol. The minimum Gasteiger partial charge on any atom is -0.342 e. The summed E-state index contributed by atoms with van der Waals surface area (Å²) in [6.45, 7) is 1.87.